The van der Waals surface area contributed by atoms with Gasteiger partial charge >= 0.3 is 6.09 Å². The highest BCUT2D eigenvalue weighted by molar-refractivity contribution is 6.30. The molecule has 1 aliphatic rings. The molecule has 1 aliphatic heterocycles. The molecule has 1 unspecified atom stereocenters. The van der Waals surface area contributed by atoms with Gasteiger partial charge in [-0.2, -0.15) is 0 Å². The normalized spacial score (nSPS) is 15.7. The highest BCUT2D eigenvalue weighted by atomic mass is 35.5. The van der Waals surface area contributed by atoms with Crippen LogP contribution in [0.4, 0.5) is 4.79 Å². The summed E-state index contributed by atoms with van der Waals surface area (Å²) in [5.74, 6) is 0.368. The molecule has 7 heteroatoms. The van der Waals surface area contributed by atoms with Crippen LogP contribution in [0.25, 0.3) is 0 Å². The van der Waals surface area contributed by atoms with Crippen molar-refractivity contribution in [2.75, 3.05) is 13.1 Å². The average Bonchev–Trinajstić information content (AvgIpc) is 2.89. The average molecular weight is 548 g/mol. The Bertz CT molecular complexity index is 1320. The number of ether oxygens (including phenoxy) is 1. The van der Waals surface area contributed by atoms with Crippen LogP contribution < -0.4 is 0 Å². The van der Waals surface area contributed by atoms with Crippen LogP contribution in [0.15, 0.2) is 65.9 Å². The second kappa shape index (κ2) is 12.2. The maximum absolute atomic E-state index is 12.5. The first-order chi connectivity index (χ1) is 18.5. The number of hydrogen-bond donors (Lipinski definition) is 1. The Morgan fingerprint density at radius 1 is 1.10 bits per heavy atom. The number of benzene rings is 2. The third-order valence-corrected chi connectivity index (χ3v) is 7.55. The number of hydrogen-bond acceptors (Lipinski definition) is 5. The number of oxime groups is 1. The first kappa shape index (κ1) is 28.6. The maximum atomic E-state index is 12.5. The molecule has 0 saturated carbocycles. The van der Waals surface area contributed by atoms with Crippen LogP contribution in [0.2, 0.25) is 5.02 Å². The van der Waals surface area contributed by atoms with E-state index in [4.69, 9.17) is 16.3 Å². The van der Waals surface area contributed by atoms with Gasteiger partial charge < -0.3 is 14.8 Å². The highest BCUT2D eigenvalue weighted by Crippen LogP contribution is 2.35. The fourth-order valence-electron chi connectivity index (χ4n) is 5.29. The zero-order chi connectivity index (χ0) is 28.2. The number of likely N-dealkylation sites (tertiary alicyclic amines) is 1. The summed E-state index contributed by atoms with van der Waals surface area (Å²) in [6, 6.07) is 18.5. The van der Waals surface area contributed by atoms with Crippen LogP contribution >= 0.6 is 11.6 Å². The molecular formula is C32H38ClN3O3. The van der Waals surface area contributed by atoms with Gasteiger partial charge in [0.05, 0.1) is 5.71 Å². The number of pyridine rings is 1. The summed E-state index contributed by atoms with van der Waals surface area (Å²) in [5, 5.41) is 14.4. The SMILES string of the molecule is Cc1cc(/C(CC(c2ccc(C3CCN(C(=O)OC(C)(C)C)CC3)cc2)c2ccc(Cl)cc2C)=N/O)ccn1. The van der Waals surface area contributed by atoms with Crippen molar-refractivity contribution in [1.29, 1.82) is 0 Å². The minimum absolute atomic E-state index is 0.0234. The predicted molar refractivity (Wildman–Crippen MR) is 156 cm³/mol. The third kappa shape index (κ3) is 7.39. The van der Waals surface area contributed by atoms with Gasteiger partial charge in [0, 0.05) is 47.9 Å². The molecular weight excluding hydrogens is 510 g/mol. The molecule has 1 atom stereocenters. The van der Waals surface area contributed by atoms with Crippen molar-refractivity contribution < 1.29 is 14.7 Å². The van der Waals surface area contributed by atoms with E-state index in [1.165, 1.54) is 5.56 Å². The Labute approximate surface area is 236 Å². The maximum Gasteiger partial charge on any atom is 0.410 e. The second-order valence-electron chi connectivity index (χ2n) is 11.4. The number of aromatic nitrogens is 1. The van der Waals surface area contributed by atoms with Crippen molar-refractivity contribution in [2.45, 2.75) is 71.3 Å². The molecule has 2 aromatic carbocycles. The summed E-state index contributed by atoms with van der Waals surface area (Å²) in [6.07, 6.45) is 3.84. The summed E-state index contributed by atoms with van der Waals surface area (Å²) in [5.41, 5.74) is 6.50. The van der Waals surface area contributed by atoms with Gasteiger partial charge in [-0.05, 0) is 99.9 Å². The standard InChI is InChI=1S/C32H38ClN3O3/c1-21-18-27(33)10-11-28(21)29(20-30(35-38)26-12-15-34-22(2)19-26)25-8-6-23(7-9-25)24-13-16-36(17-14-24)31(37)39-32(3,4)5/h6-12,15,18-19,24,29,38H,13-14,16-17,20H2,1-5H3/b35-30+. The van der Waals surface area contributed by atoms with Crippen LogP contribution in [-0.4, -0.2) is 45.6 Å². The minimum Gasteiger partial charge on any atom is -0.444 e. The fraction of sp³-hybridized carbons (Fsp3) is 0.406. The fourth-order valence-corrected chi connectivity index (χ4v) is 5.52. The van der Waals surface area contributed by atoms with E-state index in [9.17, 15) is 10.0 Å². The van der Waals surface area contributed by atoms with Crippen LogP contribution in [0.3, 0.4) is 0 Å². The molecule has 6 nitrogen and oxygen atoms in total. The lowest BCUT2D eigenvalue weighted by Crippen LogP contribution is -2.41. The van der Waals surface area contributed by atoms with Gasteiger partial charge in [0.15, 0.2) is 0 Å². The Morgan fingerprint density at radius 2 is 1.79 bits per heavy atom. The number of halogens is 1. The summed E-state index contributed by atoms with van der Waals surface area (Å²) < 4.78 is 5.55. The molecule has 39 heavy (non-hydrogen) atoms. The summed E-state index contributed by atoms with van der Waals surface area (Å²) in [4.78, 5) is 18.5. The Balaban J connectivity index is 1.55. The van der Waals surface area contributed by atoms with Crippen molar-refractivity contribution >= 4 is 23.4 Å². The van der Waals surface area contributed by atoms with Gasteiger partial charge in [-0.1, -0.05) is 47.1 Å². The number of rotatable bonds is 6. The van der Waals surface area contributed by atoms with Gasteiger partial charge in [0.25, 0.3) is 0 Å². The Hall–Kier alpha value is -3.38. The van der Waals surface area contributed by atoms with Crippen molar-refractivity contribution in [3.8, 4) is 0 Å². The predicted octanol–water partition coefficient (Wildman–Crippen LogP) is 7.87. The molecule has 3 aromatic rings. The molecule has 1 N–H and O–H groups in total. The first-order valence-corrected chi connectivity index (χ1v) is 13.9. The van der Waals surface area contributed by atoms with Gasteiger partial charge in [0.2, 0.25) is 0 Å². The lowest BCUT2D eigenvalue weighted by Gasteiger charge is -2.33. The van der Waals surface area contributed by atoms with Crippen molar-refractivity contribution in [2.24, 2.45) is 5.16 Å². The zero-order valence-corrected chi connectivity index (χ0v) is 24.2. The zero-order valence-electron chi connectivity index (χ0n) is 23.4. The number of amides is 1. The van der Waals surface area contributed by atoms with E-state index in [1.807, 2.05) is 56.9 Å². The molecule has 206 valence electrons. The van der Waals surface area contributed by atoms with Crippen LogP contribution in [0, 0.1) is 13.8 Å². The number of carbonyl (C=O) groups is 1. The minimum atomic E-state index is -0.487. The third-order valence-electron chi connectivity index (χ3n) is 7.31. The van der Waals surface area contributed by atoms with Crippen molar-refractivity contribution in [3.63, 3.8) is 0 Å². The Kier molecular flexibility index (Phi) is 8.96. The first-order valence-electron chi connectivity index (χ1n) is 13.5. The molecule has 1 saturated heterocycles. The Morgan fingerprint density at radius 3 is 2.38 bits per heavy atom. The van der Waals surface area contributed by atoms with E-state index in [0.29, 0.717) is 36.2 Å². The molecule has 2 heterocycles. The molecule has 0 aliphatic carbocycles. The lowest BCUT2D eigenvalue weighted by atomic mass is 9.82. The quantitative estimate of drug-likeness (QED) is 0.193. The van der Waals surface area contributed by atoms with E-state index in [1.54, 1.807) is 6.20 Å². The highest BCUT2D eigenvalue weighted by Gasteiger charge is 2.28. The summed E-state index contributed by atoms with van der Waals surface area (Å²) >= 11 is 6.28. The monoisotopic (exact) mass is 547 g/mol. The van der Waals surface area contributed by atoms with Gasteiger partial charge in [-0.3, -0.25) is 4.98 Å². The molecule has 0 spiro atoms. The number of nitrogens with zero attached hydrogens (tertiary/aromatic N) is 3. The molecule has 4 rings (SSSR count). The van der Waals surface area contributed by atoms with Gasteiger partial charge in [-0.15, -0.1) is 0 Å². The number of piperidine rings is 1. The molecule has 1 amide bonds. The van der Waals surface area contributed by atoms with Crippen LogP contribution in [0.1, 0.15) is 85.4 Å². The van der Waals surface area contributed by atoms with Gasteiger partial charge in [-0.25, -0.2) is 4.79 Å². The molecule has 0 bridgehead atoms. The molecule has 1 fully saturated rings. The largest absolute Gasteiger partial charge is 0.444 e. The number of carbonyl (C=O) groups excluding carboxylic acids is 1. The molecule has 1 aromatic heterocycles. The van der Waals surface area contributed by atoms with E-state index in [2.05, 4.69) is 47.4 Å². The smallest absolute Gasteiger partial charge is 0.410 e. The van der Waals surface area contributed by atoms with Crippen molar-refractivity contribution in [3.05, 3.63) is 99.3 Å². The number of aryl methyl sites for hydroxylation is 2. The summed E-state index contributed by atoms with van der Waals surface area (Å²) in [6.45, 7) is 11.1. The topological polar surface area (TPSA) is 75.0 Å². The van der Waals surface area contributed by atoms with Crippen molar-refractivity contribution in [1.82, 2.24) is 9.88 Å². The lowest BCUT2D eigenvalue weighted by molar-refractivity contribution is 0.0205. The van der Waals surface area contributed by atoms with E-state index in [-0.39, 0.29) is 12.0 Å². The van der Waals surface area contributed by atoms with Gasteiger partial charge in [0.1, 0.15) is 5.60 Å². The van der Waals surface area contributed by atoms with Crippen LogP contribution in [0.5, 0.6) is 0 Å². The van der Waals surface area contributed by atoms with Crippen LogP contribution in [-0.2, 0) is 4.74 Å². The molecule has 0 radical (unpaired) electrons. The second-order valence-corrected chi connectivity index (χ2v) is 11.8. The van der Waals surface area contributed by atoms with E-state index >= 15 is 0 Å². The van der Waals surface area contributed by atoms with E-state index < -0.39 is 5.60 Å². The summed E-state index contributed by atoms with van der Waals surface area (Å²) in [7, 11) is 0. The van der Waals surface area contributed by atoms with E-state index in [0.717, 1.165) is 40.8 Å².